The summed E-state index contributed by atoms with van der Waals surface area (Å²) in [7, 11) is 0. The lowest BCUT2D eigenvalue weighted by Crippen LogP contribution is -2.29. The lowest BCUT2D eigenvalue weighted by atomic mass is 10.1. The summed E-state index contributed by atoms with van der Waals surface area (Å²) in [6.07, 6.45) is 7.67. The van der Waals surface area contributed by atoms with Crippen molar-refractivity contribution in [2.24, 2.45) is 0 Å². The van der Waals surface area contributed by atoms with Crippen molar-refractivity contribution >= 4 is 11.6 Å². The van der Waals surface area contributed by atoms with Crippen molar-refractivity contribution in [2.75, 3.05) is 12.4 Å². The Balaban J connectivity index is 1.93. The molecular weight excluding hydrogens is 239 g/mol. The summed E-state index contributed by atoms with van der Waals surface area (Å²) in [6, 6.07) is 2.18. The quantitative estimate of drug-likeness (QED) is 0.752. The predicted octanol–water partition coefficient (Wildman–Crippen LogP) is 3.20. The van der Waals surface area contributed by atoms with Crippen LogP contribution in [0.4, 0.5) is 4.39 Å². The molecular formula is C13H18ClFN2. The van der Waals surface area contributed by atoms with E-state index in [1.54, 1.807) is 12.3 Å². The molecule has 1 aromatic heterocycles. The molecule has 94 valence electrons. The number of aromatic nitrogens is 1. The van der Waals surface area contributed by atoms with Gasteiger partial charge in [-0.2, -0.15) is 0 Å². The number of halogens is 2. The Labute approximate surface area is 107 Å². The van der Waals surface area contributed by atoms with Gasteiger partial charge in [0.2, 0.25) is 0 Å². The Hall–Kier alpha value is -0.670. The maximum atomic E-state index is 13.0. The minimum Gasteiger partial charge on any atom is -0.296 e. The fraction of sp³-hybridized carbons (Fsp3) is 0.615. The molecule has 1 saturated heterocycles. The van der Waals surface area contributed by atoms with Gasteiger partial charge in [-0.25, -0.2) is 4.39 Å². The predicted molar refractivity (Wildman–Crippen MR) is 67.6 cm³/mol. The maximum absolute atomic E-state index is 13.0. The van der Waals surface area contributed by atoms with Gasteiger partial charge in [0.25, 0.3) is 0 Å². The molecule has 0 radical (unpaired) electrons. The second-order valence-electron chi connectivity index (χ2n) is 4.61. The lowest BCUT2D eigenvalue weighted by Gasteiger charge is -2.24. The first-order valence-corrected chi connectivity index (χ1v) is 6.72. The molecule has 1 unspecified atom stereocenters. The summed E-state index contributed by atoms with van der Waals surface area (Å²) in [6.45, 7) is 1.90. The molecule has 0 N–H and O–H groups in total. The average Bonchev–Trinajstić information content (AvgIpc) is 2.74. The van der Waals surface area contributed by atoms with Gasteiger partial charge in [0.15, 0.2) is 0 Å². The molecule has 0 spiro atoms. The molecule has 0 amide bonds. The Bertz CT molecular complexity index is 359. The van der Waals surface area contributed by atoms with Gasteiger partial charge in [0, 0.05) is 24.7 Å². The van der Waals surface area contributed by atoms with Gasteiger partial charge in [-0.05, 0) is 43.9 Å². The topological polar surface area (TPSA) is 16.1 Å². The summed E-state index contributed by atoms with van der Waals surface area (Å²) >= 11 is 5.73. The largest absolute Gasteiger partial charge is 0.296 e. The minimum atomic E-state index is -0.251. The van der Waals surface area contributed by atoms with E-state index in [-0.39, 0.29) is 5.82 Å². The van der Waals surface area contributed by atoms with Gasteiger partial charge in [0.05, 0.1) is 6.20 Å². The molecule has 2 heterocycles. The highest BCUT2D eigenvalue weighted by atomic mass is 35.5. The van der Waals surface area contributed by atoms with Crippen molar-refractivity contribution in [1.29, 1.82) is 0 Å². The van der Waals surface area contributed by atoms with Crippen LogP contribution in [0.15, 0.2) is 18.5 Å². The van der Waals surface area contributed by atoms with E-state index in [0.717, 1.165) is 37.4 Å². The van der Waals surface area contributed by atoms with E-state index in [9.17, 15) is 4.39 Å². The number of alkyl halides is 1. The molecule has 0 bridgehead atoms. The minimum absolute atomic E-state index is 0.251. The van der Waals surface area contributed by atoms with Gasteiger partial charge in [-0.3, -0.25) is 9.88 Å². The highest BCUT2D eigenvalue weighted by Crippen LogP contribution is 2.23. The maximum Gasteiger partial charge on any atom is 0.141 e. The monoisotopic (exact) mass is 256 g/mol. The number of pyridine rings is 1. The van der Waals surface area contributed by atoms with Crippen LogP contribution in [0.25, 0.3) is 0 Å². The Morgan fingerprint density at radius 2 is 2.35 bits per heavy atom. The van der Waals surface area contributed by atoms with Crippen molar-refractivity contribution in [1.82, 2.24) is 9.88 Å². The summed E-state index contributed by atoms with van der Waals surface area (Å²) in [5.74, 6) is 0.477. The molecule has 1 aliphatic heterocycles. The Morgan fingerprint density at radius 3 is 3.12 bits per heavy atom. The number of rotatable bonds is 5. The summed E-state index contributed by atoms with van der Waals surface area (Å²) in [4.78, 5) is 6.31. The summed E-state index contributed by atoms with van der Waals surface area (Å²) in [5, 5.41) is 0. The fourth-order valence-corrected chi connectivity index (χ4v) is 2.67. The van der Waals surface area contributed by atoms with Crippen molar-refractivity contribution in [2.45, 2.75) is 38.3 Å². The first kappa shape index (κ1) is 12.8. The van der Waals surface area contributed by atoms with Crippen LogP contribution in [0.3, 0.4) is 0 Å². The molecule has 1 aliphatic rings. The zero-order valence-electron chi connectivity index (χ0n) is 9.91. The van der Waals surface area contributed by atoms with E-state index in [4.69, 9.17) is 11.6 Å². The highest BCUT2D eigenvalue weighted by Gasteiger charge is 2.23. The second-order valence-corrected chi connectivity index (χ2v) is 4.99. The van der Waals surface area contributed by atoms with Crippen LogP contribution in [-0.2, 0) is 6.54 Å². The van der Waals surface area contributed by atoms with E-state index in [2.05, 4.69) is 9.88 Å². The van der Waals surface area contributed by atoms with E-state index in [1.807, 2.05) is 0 Å². The first-order chi connectivity index (χ1) is 8.29. The molecule has 17 heavy (non-hydrogen) atoms. The lowest BCUT2D eigenvalue weighted by molar-refractivity contribution is 0.233. The Kier molecular flexibility index (Phi) is 4.75. The number of hydrogen-bond acceptors (Lipinski definition) is 2. The molecule has 1 fully saturated rings. The van der Waals surface area contributed by atoms with Crippen LogP contribution < -0.4 is 0 Å². The zero-order chi connectivity index (χ0) is 12.1. The van der Waals surface area contributed by atoms with Crippen LogP contribution in [0.1, 0.15) is 31.2 Å². The third kappa shape index (κ3) is 3.65. The van der Waals surface area contributed by atoms with Crippen LogP contribution in [0, 0.1) is 5.82 Å². The molecule has 0 saturated carbocycles. The van der Waals surface area contributed by atoms with E-state index in [1.165, 1.54) is 19.0 Å². The summed E-state index contributed by atoms with van der Waals surface area (Å²) in [5.41, 5.74) is 0.961. The molecule has 1 atom stereocenters. The van der Waals surface area contributed by atoms with Crippen LogP contribution >= 0.6 is 11.6 Å². The van der Waals surface area contributed by atoms with Crippen LogP contribution in [0.5, 0.6) is 0 Å². The second kappa shape index (κ2) is 6.31. The van der Waals surface area contributed by atoms with Gasteiger partial charge in [0.1, 0.15) is 5.82 Å². The normalized spacial score (nSPS) is 20.9. The van der Waals surface area contributed by atoms with Crippen molar-refractivity contribution in [3.63, 3.8) is 0 Å². The van der Waals surface area contributed by atoms with Crippen molar-refractivity contribution in [3.8, 4) is 0 Å². The first-order valence-electron chi connectivity index (χ1n) is 6.19. The van der Waals surface area contributed by atoms with Crippen molar-refractivity contribution < 1.29 is 4.39 Å². The van der Waals surface area contributed by atoms with E-state index in [0.29, 0.717) is 6.04 Å². The van der Waals surface area contributed by atoms with Gasteiger partial charge < -0.3 is 0 Å². The van der Waals surface area contributed by atoms with Gasteiger partial charge in [-0.15, -0.1) is 11.6 Å². The number of nitrogens with zero attached hydrogens (tertiary/aromatic N) is 2. The highest BCUT2D eigenvalue weighted by molar-refractivity contribution is 6.17. The molecule has 2 nitrogen and oxygen atoms in total. The van der Waals surface area contributed by atoms with Crippen molar-refractivity contribution in [3.05, 3.63) is 29.8 Å². The SMILES string of the molecule is Fc1cncc(CN2CCCC2CCCCl)c1. The third-order valence-electron chi connectivity index (χ3n) is 3.32. The number of likely N-dealkylation sites (tertiary alicyclic amines) is 1. The standard InChI is InChI=1S/C13H18ClFN2/c14-5-1-3-13-4-2-6-17(13)10-11-7-12(15)9-16-8-11/h7-9,13H,1-6,10H2. The Morgan fingerprint density at radius 1 is 1.47 bits per heavy atom. The molecule has 4 heteroatoms. The zero-order valence-corrected chi connectivity index (χ0v) is 10.7. The van der Waals surface area contributed by atoms with Gasteiger partial charge in [-0.1, -0.05) is 0 Å². The fourth-order valence-electron chi connectivity index (χ4n) is 2.52. The van der Waals surface area contributed by atoms with Gasteiger partial charge >= 0.3 is 0 Å². The van der Waals surface area contributed by atoms with E-state index >= 15 is 0 Å². The molecule has 1 aromatic rings. The summed E-state index contributed by atoms with van der Waals surface area (Å²) < 4.78 is 13.0. The third-order valence-corrected chi connectivity index (χ3v) is 3.58. The van der Waals surface area contributed by atoms with Crippen LogP contribution in [0.2, 0.25) is 0 Å². The molecule has 0 aliphatic carbocycles. The smallest absolute Gasteiger partial charge is 0.141 e. The molecule has 0 aromatic carbocycles. The number of hydrogen-bond donors (Lipinski definition) is 0. The van der Waals surface area contributed by atoms with Crippen LogP contribution in [-0.4, -0.2) is 28.4 Å². The molecule has 2 rings (SSSR count). The van der Waals surface area contributed by atoms with E-state index < -0.39 is 0 Å². The average molecular weight is 257 g/mol.